The lowest BCUT2D eigenvalue weighted by atomic mass is 9.86. The van der Waals surface area contributed by atoms with Crippen molar-refractivity contribution in [1.82, 2.24) is 9.88 Å². The van der Waals surface area contributed by atoms with Gasteiger partial charge < -0.3 is 18.8 Å². The Kier molecular flexibility index (Phi) is 4.78. The highest BCUT2D eigenvalue weighted by Crippen LogP contribution is 2.37. The van der Waals surface area contributed by atoms with E-state index in [9.17, 15) is 4.79 Å². The van der Waals surface area contributed by atoms with Crippen LogP contribution in [-0.4, -0.2) is 47.2 Å². The Bertz CT molecular complexity index is 752. The summed E-state index contributed by atoms with van der Waals surface area (Å²) >= 11 is 0. The molecule has 0 N–H and O–H groups in total. The van der Waals surface area contributed by atoms with Crippen LogP contribution >= 0.6 is 0 Å². The average molecular weight is 356 g/mol. The molecule has 1 amide bonds. The molecule has 0 bridgehead atoms. The van der Waals surface area contributed by atoms with Crippen molar-refractivity contribution in [2.75, 3.05) is 19.7 Å². The summed E-state index contributed by atoms with van der Waals surface area (Å²) in [6, 6.07) is 10.2. The van der Waals surface area contributed by atoms with Gasteiger partial charge in [-0.1, -0.05) is 30.3 Å². The number of aromatic nitrogens is 1. The average Bonchev–Trinajstić information content (AvgIpc) is 3.30. The number of rotatable bonds is 4. The number of piperidine rings is 1. The van der Waals surface area contributed by atoms with Crippen molar-refractivity contribution in [2.24, 2.45) is 0 Å². The maximum absolute atomic E-state index is 12.8. The number of nitrogens with zero attached hydrogens (tertiary/aromatic N) is 2. The number of aryl methyl sites for hydroxylation is 1. The summed E-state index contributed by atoms with van der Waals surface area (Å²) in [6.45, 7) is 4.23. The first-order chi connectivity index (χ1) is 12.7. The SMILES string of the molecule is Cc1ncoc1C(=O)N1CC[C@H](OCc2ccccc2)[C@]2(CCCO2)C1. The molecule has 0 aliphatic carbocycles. The van der Waals surface area contributed by atoms with Gasteiger partial charge in [0.25, 0.3) is 5.91 Å². The van der Waals surface area contributed by atoms with Crippen molar-refractivity contribution in [3.05, 3.63) is 53.7 Å². The molecule has 2 fully saturated rings. The largest absolute Gasteiger partial charge is 0.438 e. The number of carbonyl (C=O) groups excluding carboxylic acids is 1. The minimum atomic E-state index is -0.420. The van der Waals surface area contributed by atoms with Crippen LogP contribution < -0.4 is 0 Å². The molecular weight excluding hydrogens is 332 g/mol. The van der Waals surface area contributed by atoms with Crippen molar-refractivity contribution in [3.63, 3.8) is 0 Å². The first-order valence-corrected chi connectivity index (χ1v) is 9.17. The number of likely N-dealkylation sites (tertiary alicyclic amines) is 1. The van der Waals surface area contributed by atoms with Gasteiger partial charge in [-0.05, 0) is 31.7 Å². The molecule has 0 saturated carbocycles. The Morgan fingerprint density at radius 2 is 2.23 bits per heavy atom. The van der Waals surface area contributed by atoms with Crippen LogP contribution in [0.5, 0.6) is 0 Å². The third-order valence-corrected chi connectivity index (χ3v) is 5.36. The van der Waals surface area contributed by atoms with Gasteiger partial charge in [-0.2, -0.15) is 0 Å². The molecule has 3 heterocycles. The van der Waals surface area contributed by atoms with Crippen molar-refractivity contribution in [1.29, 1.82) is 0 Å². The second-order valence-electron chi connectivity index (χ2n) is 7.08. The molecule has 6 nitrogen and oxygen atoms in total. The molecule has 0 radical (unpaired) electrons. The van der Waals surface area contributed by atoms with E-state index >= 15 is 0 Å². The maximum atomic E-state index is 12.8. The van der Waals surface area contributed by atoms with E-state index in [2.05, 4.69) is 17.1 Å². The van der Waals surface area contributed by atoms with Gasteiger partial charge in [0, 0.05) is 13.2 Å². The van der Waals surface area contributed by atoms with Crippen LogP contribution in [0.2, 0.25) is 0 Å². The Labute approximate surface area is 153 Å². The maximum Gasteiger partial charge on any atom is 0.291 e. The van der Waals surface area contributed by atoms with Crippen molar-refractivity contribution < 1.29 is 18.7 Å². The molecule has 2 aliphatic heterocycles. The first kappa shape index (κ1) is 17.2. The van der Waals surface area contributed by atoms with E-state index in [1.807, 2.05) is 23.1 Å². The summed E-state index contributed by atoms with van der Waals surface area (Å²) in [5.41, 5.74) is 1.35. The van der Waals surface area contributed by atoms with Gasteiger partial charge >= 0.3 is 0 Å². The molecular formula is C20H24N2O4. The first-order valence-electron chi connectivity index (χ1n) is 9.17. The van der Waals surface area contributed by atoms with Crippen molar-refractivity contribution >= 4 is 5.91 Å². The third kappa shape index (κ3) is 3.27. The van der Waals surface area contributed by atoms with Crippen LogP contribution in [0, 0.1) is 6.92 Å². The van der Waals surface area contributed by atoms with E-state index in [0.717, 1.165) is 24.8 Å². The second kappa shape index (κ2) is 7.21. The van der Waals surface area contributed by atoms with E-state index in [1.54, 1.807) is 6.92 Å². The molecule has 1 aromatic heterocycles. The third-order valence-electron chi connectivity index (χ3n) is 5.36. The number of carbonyl (C=O) groups is 1. The summed E-state index contributed by atoms with van der Waals surface area (Å²) in [5, 5.41) is 0. The number of benzene rings is 1. The molecule has 26 heavy (non-hydrogen) atoms. The summed E-state index contributed by atoms with van der Waals surface area (Å²) in [5.74, 6) is 0.207. The van der Waals surface area contributed by atoms with Gasteiger partial charge in [0.1, 0.15) is 5.60 Å². The van der Waals surface area contributed by atoms with Gasteiger partial charge in [0.2, 0.25) is 5.76 Å². The predicted octanol–water partition coefficient (Wildman–Crippen LogP) is 2.96. The van der Waals surface area contributed by atoms with Crippen molar-refractivity contribution in [2.45, 2.75) is 44.5 Å². The number of hydrogen-bond donors (Lipinski definition) is 0. The molecule has 2 aliphatic rings. The normalized spacial score (nSPS) is 25.7. The highest BCUT2D eigenvalue weighted by Gasteiger charge is 2.49. The van der Waals surface area contributed by atoms with Crippen molar-refractivity contribution in [3.8, 4) is 0 Å². The number of ether oxygens (including phenoxy) is 2. The number of oxazole rings is 1. The molecule has 2 atom stereocenters. The quantitative estimate of drug-likeness (QED) is 0.843. The summed E-state index contributed by atoms with van der Waals surface area (Å²) in [6.07, 6.45) is 3.97. The Balaban J connectivity index is 1.47. The zero-order chi connectivity index (χ0) is 18.0. The smallest absolute Gasteiger partial charge is 0.291 e. The van der Waals surface area contributed by atoms with Gasteiger partial charge in [0.05, 0.1) is 24.9 Å². The van der Waals surface area contributed by atoms with Gasteiger partial charge in [0.15, 0.2) is 6.39 Å². The molecule has 1 spiro atoms. The molecule has 1 aromatic carbocycles. The van der Waals surface area contributed by atoms with Crippen LogP contribution in [0.3, 0.4) is 0 Å². The Morgan fingerprint density at radius 3 is 2.92 bits per heavy atom. The van der Waals surface area contributed by atoms with Gasteiger partial charge in [-0.25, -0.2) is 4.98 Å². The number of hydrogen-bond acceptors (Lipinski definition) is 5. The lowest BCUT2D eigenvalue weighted by Crippen LogP contribution is -2.58. The minimum Gasteiger partial charge on any atom is -0.438 e. The van der Waals surface area contributed by atoms with Crippen LogP contribution in [0.25, 0.3) is 0 Å². The summed E-state index contributed by atoms with van der Waals surface area (Å²) in [7, 11) is 0. The summed E-state index contributed by atoms with van der Waals surface area (Å²) < 4.78 is 17.7. The Morgan fingerprint density at radius 1 is 1.38 bits per heavy atom. The van der Waals surface area contributed by atoms with E-state index < -0.39 is 5.60 Å². The lowest BCUT2D eigenvalue weighted by Gasteiger charge is -2.45. The van der Waals surface area contributed by atoms with E-state index in [1.165, 1.54) is 6.39 Å². The standard InChI is InChI=1S/C20H24N2O4/c1-15-18(25-14-21-15)19(23)22-10-8-17(20(13-22)9-5-11-26-20)24-12-16-6-3-2-4-7-16/h2-4,6-7,14,17H,5,8-13H2,1H3/t17-,20-/m0/s1. The van der Waals surface area contributed by atoms with Gasteiger partial charge in [-0.3, -0.25) is 4.79 Å². The fourth-order valence-electron chi connectivity index (χ4n) is 3.97. The predicted molar refractivity (Wildman–Crippen MR) is 94.7 cm³/mol. The number of amides is 1. The fraction of sp³-hybridized carbons (Fsp3) is 0.500. The van der Waals surface area contributed by atoms with Crippen LogP contribution in [0.1, 0.15) is 41.1 Å². The molecule has 4 rings (SSSR count). The fourth-order valence-corrected chi connectivity index (χ4v) is 3.97. The zero-order valence-corrected chi connectivity index (χ0v) is 15.0. The topological polar surface area (TPSA) is 64.8 Å². The Hall–Kier alpha value is -2.18. The van der Waals surface area contributed by atoms with Gasteiger partial charge in [-0.15, -0.1) is 0 Å². The monoisotopic (exact) mass is 356 g/mol. The zero-order valence-electron chi connectivity index (χ0n) is 15.0. The molecule has 0 unspecified atom stereocenters. The molecule has 138 valence electrons. The van der Waals surface area contributed by atoms with E-state index in [0.29, 0.717) is 37.8 Å². The highest BCUT2D eigenvalue weighted by atomic mass is 16.6. The highest BCUT2D eigenvalue weighted by molar-refractivity contribution is 5.92. The van der Waals surface area contributed by atoms with Crippen LogP contribution in [-0.2, 0) is 16.1 Å². The summed E-state index contributed by atoms with van der Waals surface area (Å²) in [4.78, 5) is 18.7. The van der Waals surface area contributed by atoms with Crippen LogP contribution in [0.4, 0.5) is 0 Å². The van der Waals surface area contributed by atoms with E-state index in [4.69, 9.17) is 13.9 Å². The minimum absolute atomic E-state index is 0.00919. The van der Waals surface area contributed by atoms with E-state index in [-0.39, 0.29) is 12.0 Å². The van der Waals surface area contributed by atoms with Crippen LogP contribution in [0.15, 0.2) is 41.1 Å². The molecule has 6 heteroatoms. The second-order valence-corrected chi connectivity index (χ2v) is 7.08. The lowest BCUT2D eigenvalue weighted by molar-refractivity contribution is -0.153. The molecule has 2 aromatic rings. The molecule has 2 saturated heterocycles.